The van der Waals surface area contributed by atoms with Crippen LogP contribution in [0.3, 0.4) is 0 Å². The van der Waals surface area contributed by atoms with E-state index < -0.39 is 0 Å². The Balaban J connectivity index is 1.91. The van der Waals surface area contributed by atoms with Gasteiger partial charge in [-0.15, -0.1) is 0 Å². The van der Waals surface area contributed by atoms with E-state index in [1.807, 2.05) is 0 Å². The number of para-hydroxylation sites is 1. The number of benzene rings is 2. The zero-order valence-corrected chi connectivity index (χ0v) is 11.6. The van der Waals surface area contributed by atoms with Crippen molar-refractivity contribution in [2.75, 3.05) is 17.2 Å². The SMILES string of the molecule is O=C1COc2cccc(NC(=O)c3ccccc3Cl)c2N1. The predicted octanol–water partition coefficient (Wildman–Crippen LogP) is 2.92. The zero-order valence-electron chi connectivity index (χ0n) is 10.9. The molecular weight excluding hydrogens is 292 g/mol. The number of carbonyl (C=O) groups is 2. The van der Waals surface area contributed by atoms with Crippen LogP contribution in [-0.2, 0) is 4.79 Å². The number of halogens is 1. The summed E-state index contributed by atoms with van der Waals surface area (Å²) >= 11 is 6.00. The van der Waals surface area contributed by atoms with Crippen LogP contribution in [0.1, 0.15) is 10.4 Å². The Bertz CT molecular complexity index is 731. The molecule has 5 nitrogen and oxygen atoms in total. The number of hydrogen-bond acceptors (Lipinski definition) is 3. The predicted molar refractivity (Wildman–Crippen MR) is 80.0 cm³/mol. The highest BCUT2D eigenvalue weighted by atomic mass is 35.5. The minimum atomic E-state index is -0.353. The van der Waals surface area contributed by atoms with Gasteiger partial charge in [-0.3, -0.25) is 9.59 Å². The largest absolute Gasteiger partial charge is 0.481 e. The lowest BCUT2D eigenvalue weighted by atomic mass is 10.2. The molecule has 1 aliphatic rings. The third-order valence-corrected chi connectivity index (χ3v) is 3.35. The molecule has 0 spiro atoms. The first-order valence-electron chi connectivity index (χ1n) is 6.26. The molecule has 0 atom stereocenters. The molecule has 0 radical (unpaired) electrons. The van der Waals surface area contributed by atoms with Gasteiger partial charge in [0.1, 0.15) is 11.4 Å². The molecule has 0 aromatic heterocycles. The topological polar surface area (TPSA) is 67.4 Å². The van der Waals surface area contributed by atoms with Crippen LogP contribution in [0.4, 0.5) is 11.4 Å². The van der Waals surface area contributed by atoms with Crippen molar-refractivity contribution in [3.8, 4) is 5.75 Å². The second-order valence-electron chi connectivity index (χ2n) is 4.45. The summed E-state index contributed by atoms with van der Waals surface area (Å²) in [6.45, 7) is -0.0328. The third kappa shape index (κ3) is 2.68. The van der Waals surface area contributed by atoms with Crippen LogP contribution in [0.25, 0.3) is 0 Å². The monoisotopic (exact) mass is 302 g/mol. The highest BCUT2D eigenvalue weighted by Gasteiger charge is 2.20. The number of anilines is 2. The Kier molecular flexibility index (Phi) is 3.50. The average molecular weight is 303 g/mol. The van der Waals surface area contributed by atoms with E-state index in [1.165, 1.54) is 0 Å². The Labute approximate surface area is 125 Å². The van der Waals surface area contributed by atoms with Gasteiger partial charge in [-0.25, -0.2) is 0 Å². The van der Waals surface area contributed by atoms with Gasteiger partial charge in [-0.2, -0.15) is 0 Å². The maximum atomic E-state index is 12.3. The maximum Gasteiger partial charge on any atom is 0.262 e. The lowest BCUT2D eigenvalue weighted by Crippen LogP contribution is -2.26. The Hall–Kier alpha value is -2.53. The summed E-state index contributed by atoms with van der Waals surface area (Å²) in [5, 5.41) is 5.78. The van der Waals surface area contributed by atoms with Crippen LogP contribution in [0, 0.1) is 0 Å². The van der Waals surface area contributed by atoms with Gasteiger partial charge in [0.05, 0.1) is 16.3 Å². The van der Waals surface area contributed by atoms with Crippen molar-refractivity contribution in [2.24, 2.45) is 0 Å². The quantitative estimate of drug-likeness (QED) is 0.896. The molecule has 0 aliphatic carbocycles. The number of hydrogen-bond donors (Lipinski definition) is 2. The van der Waals surface area contributed by atoms with Crippen molar-refractivity contribution in [1.29, 1.82) is 0 Å². The molecule has 2 aromatic carbocycles. The lowest BCUT2D eigenvalue weighted by molar-refractivity contribution is -0.118. The summed E-state index contributed by atoms with van der Waals surface area (Å²) in [5.74, 6) is -0.0951. The zero-order chi connectivity index (χ0) is 14.8. The van der Waals surface area contributed by atoms with Crippen molar-refractivity contribution < 1.29 is 14.3 Å². The van der Waals surface area contributed by atoms with E-state index in [-0.39, 0.29) is 18.4 Å². The van der Waals surface area contributed by atoms with Gasteiger partial charge in [0.2, 0.25) is 0 Å². The first-order chi connectivity index (χ1) is 10.1. The highest BCUT2D eigenvalue weighted by Crippen LogP contribution is 2.35. The van der Waals surface area contributed by atoms with Crippen molar-refractivity contribution in [2.45, 2.75) is 0 Å². The van der Waals surface area contributed by atoms with Gasteiger partial charge >= 0.3 is 0 Å². The van der Waals surface area contributed by atoms with Gasteiger partial charge in [0, 0.05) is 0 Å². The van der Waals surface area contributed by atoms with Gasteiger partial charge in [0.25, 0.3) is 11.8 Å². The van der Waals surface area contributed by atoms with Crippen LogP contribution >= 0.6 is 11.6 Å². The summed E-state index contributed by atoms with van der Waals surface area (Å²) in [5.41, 5.74) is 1.28. The summed E-state index contributed by atoms with van der Waals surface area (Å²) in [6.07, 6.45) is 0. The van der Waals surface area contributed by atoms with E-state index in [0.29, 0.717) is 27.7 Å². The van der Waals surface area contributed by atoms with E-state index in [4.69, 9.17) is 16.3 Å². The second-order valence-corrected chi connectivity index (χ2v) is 4.86. The Morgan fingerprint density at radius 1 is 1.19 bits per heavy atom. The number of carbonyl (C=O) groups excluding carboxylic acids is 2. The molecule has 0 fully saturated rings. The van der Waals surface area contributed by atoms with Crippen molar-refractivity contribution in [3.63, 3.8) is 0 Å². The van der Waals surface area contributed by atoms with Crippen LogP contribution in [0.2, 0.25) is 5.02 Å². The standard InChI is InChI=1S/C15H11ClN2O3/c16-10-5-2-1-4-9(10)15(20)17-11-6-3-7-12-14(11)18-13(19)8-21-12/h1-7H,8H2,(H,17,20)(H,18,19). The van der Waals surface area contributed by atoms with Crippen molar-refractivity contribution in [1.82, 2.24) is 0 Å². The second kappa shape index (κ2) is 5.46. The molecule has 1 heterocycles. The minimum Gasteiger partial charge on any atom is -0.481 e. The number of amides is 2. The van der Waals surface area contributed by atoms with Crippen LogP contribution in [0.5, 0.6) is 5.75 Å². The summed E-state index contributed by atoms with van der Waals surface area (Å²) in [7, 11) is 0. The lowest BCUT2D eigenvalue weighted by Gasteiger charge is -2.20. The van der Waals surface area contributed by atoms with Gasteiger partial charge in [-0.1, -0.05) is 29.8 Å². The fourth-order valence-electron chi connectivity index (χ4n) is 2.04. The maximum absolute atomic E-state index is 12.3. The Morgan fingerprint density at radius 2 is 2.00 bits per heavy atom. The van der Waals surface area contributed by atoms with Crippen LogP contribution in [0.15, 0.2) is 42.5 Å². The number of ether oxygens (including phenoxy) is 1. The molecule has 2 aromatic rings. The van der Waals surface area contributed by atoms with E-state index in [1.54, 1.807) is 42.5 Å². The van der Waals surface area contributed by atoms with Crippen LogP contribution < -0.4 is 15.4 Å². The molecule has 0 unspecified atom stereocenters. The molecule has 3 rings (SSSR count). The minimum absolute atomic E-state index is 0.0328. The van der Waals surface area contributed by atoms with Gasteiger partial charge in [0.15, 0.2) is 6.61 Å². The molecule has 106 valence electrons. The van der Waals surface area contributed by atoms with Crippen molar-refractivity contribution >= 4 is 34.8 Å². The molecule has 0 saturated heterocycles. The first kappa shape index (κ1) is 13.5. The van der Waals surface area contributed by atoms with Crippen molar-refractivity contribution in [3.05, 3.63) is 53.1 Å². The number of rotatable bonds is 2. The molecule has 2 amide bonds. The molecule has 0 bridgehead atoms. The fraction of sp³-hybridized carbons (Fsp3) is 0.0667. The van der Waals surface area contributed by atoms with Gasteiger partial charge < -0.3 is 15.4 Å². The normalized spacial score (nSPS) is 12.9. The van der Waals surface area contributed by atoms with E-state index in [9.17, 15) is 9.59 Å². The molecular formula is C15H11ClN2O3. The van der Waals surface area contributed by atoms with E-state index in [2.05, 4.69) is 10.6 Å². The summed E-state index contributed by atoms with van der Waals surface area (Å²) in [6, 6.07) is 11.9. The smallest absolute Gasteiger partial charge is 0.262 e. The molecule has 0 saturated carbocycles. The average Bonchev–Trinajstić information content (AvgIpc) is 2.48. The summed E-state index contributed by atoms with van der Waals surface area (Å²) in [4.78, 5) is 23.7. The summed E-state index contributed by atoms with van der Waals surface area (Å²) < 4.78 is 5.30. The fourth-order valence-corrected chi connectivity index (χ4v) is 2.26. The van der Waals surface area contributed by atoms with E-state index in [0.717, 1.165) is 0 Å². The molecule has 21 heavy (non-hydrogen) atoms. The van der Waals surface area contributed by atoms with Crippen LogP contribution in [-0.4, -0.2) is 18.4 Å². The molecule has 2 N–H and O–H groups in total. The van der Waals surface area contributed by atoms with Gasteiger partial charge in [-0.05, 0) is 24.3 Å². The third-order valence-electron chi connectivity index (χ3n) is 3.02. The first-order valence-corrected chi connectivity index (χ1v) is 6.64. The highest BCUT2D eigenvalue weighted by molar-refractivity contribution is 6.34. The molecule has 6 heteroatoms. The number of fused-ring (bicyclic) bond motifs is 1. The van der Waals surface area contributed by atoms with E-state index >= 15 is 0 Å². The number of nitrogens with one attached hydrogen (secondary N) is 2. The molecule has 1 aliphatic heterocycles. The Morgan fingerprint density at radius 3 is 2.81 bits per heavy atom.